The van der Waals surface area contributed by atoms with Gasteiger partial charge in [-0.2, -0.15) is 0 Å². The van der Waals surface area contributed by atoms with E-state index in [0.29, 0.717) is 12.8 Å². The molecule has 0 spiro atoms. The Morgan fingerprint density at radius 3 is 1.79 bits per heavy atom. The van der Waals surface area contributed by atoms with Gasteiger partial charge in [0.15, 0.2) is 6.10 Å². The molecule has 0 fully saturated rings. The van der Waals surface area contributed by atoms with Crippen molar-refractivity contribution in [1.29, 1.82) is 0 Å². The Balaban J connectivity index is 4.58. The SMILES string of the molecule is CC/C=C/C/C=C/C/C=C/C/C=C/CCCCC(=O)O[C@@H](COC(=O)CCCCCCCCCC)COP(=O)(O)OC[C@H](N)C(=O)O. The van der Waals surface area contributed by atoms with Crippen molar-refractivity contribution in [2.24, 2.45) is 5.73 Å². The van der Waals surface area contributed by atoms with Gasteiger partial charge in [-0.3, -0.25) is 23.4 Å². The third-order valence-electron chi connectivity index (χ3n) is 6.84. The molecular weight excluding hydrogens is 625 g/mol. The van der Waals surface area contributed by atoms with Gasteiger partial charge in [-0.25, -0.2) is 4.57 Å². The van der Waals surface area contributed by atoms with Gasteiger partial charge in [0.1, 0.15) is 12.6 Å². The number of hydrogen-bond donors (Lipinski definition) is 3. The Kier molecular flexibility index (Phi) is 29.1. The van der Waals surface area contributed by atoms with Crippen LogP contribution in [-0.4, -0.2) is 59.9 Å². The number of phosphoric ester groups is 1. The van der Waals surface area contributed by atoms with E-state index in [1.807, 2.05) is 0 Å². The van der Waals surface area contributed by atoms with Crippen LogP contribution in [0.25, 0.3) is 0 Å². The normalized spacial score (nSPS) is 14.6. The van der Waals surface area contributed by atoms with Crippen molar-refractivity contribution in [3.8, 4) is 0 Å². The highest BCUT2D eigenvalue weighted by Gasteiger charge is 2.28. The molecule has 0 saturated carbocycles. The van der Waals surface area contributed by atoms with Crippen molar-refractivity contribution in [3.63, 3.8) is 0 Å². The molecule has 47 heavy (non-hydrogen) atoms. The molecule has 0 aliphatic carbocycles. The van der Waals surface area contributed by atoms with Crippen LogP contribution in [0.15, 0.2) is 48.6 Å². The maximum absolute atomic E-state index is 12.5. The lowest BCUT2D eigenvalue weighted by molar-refractivity contribution is -0.161. The van der Waals surface area contributed by atoms with Crippen molar-refractivity contribution in [3.05, 3.63) is 48.6 Å². The van der Waals surface area contributed by atoms with Crippen LogP contribution in [0.3, 0.4) is 0 Å². The number of carbonyl (C=O) groups excluding carboxylic acids is 2. The van der Waals surface area contributed by atoms with Crippen LogP contribution in [0.2, 0.25) is 0 Å². The number of carboxylic acids is 1. The summed E-state index contributed by atoms with van der Waals surface area (Å²) in [5, 5.41) is 8.83. The first kappa shape index (κ1) is 44.4. The first-order valence-electron chi connectivity index (χ1n) is 17.2. The summed E-state index contributed by atoms with van der Waals surface area (Å²) in [6.07, 6.45) is 30.7. The molecule has 0 bridgehead atoms. The van der Waals surface area contributed by atoms with E-state index < -0.39 is 51.1 Å². The highest BCUT2D eigenvalue weighted by molar-refractivity contribution is 7.47. The number of rotatable bonds is 31. The molecule has 0 rings (SSSR count). The summed E-state index contributed by atoms with van der Waals surface area (Å²) in [5.41, 5.74) is 5.29. The molecular formula is C35H60NO10P. The molecule has 3 atom stereocenters. The molecule has 0 aromatic heterocycles. The summed E-state index contributed by atoms with van der Waals surface area (Å²) < 4.78 is 32.3. The molecule has 11 nitrogen and oxygen atoms in total. The standard InChI is InChI=1S/C35H60NO10P/c1-3-5-7-9-11-13-14-15-16-17-18-19-21-23-25-27-34(38)46-31(29-44-47(41,42)45-30-32(36)35(39)40)28-43-33(37)26-24-22-20-12-10-8-6-4-2/h5,7,11,13,15-16,18-19,31-32H,3-4,6,8-10,12,14,17,20-30,36H2,1-2H3,(H,39,40)(H,41,42)/b7-5+,13-11+,16-15+,19-18+/t31-,32-/m0/s1. The van der Waals surface area contributed by atoms with E-state index in [1.165, 1.54) is 25.7 Å². The van der Waals surface area contributed by atoms with E-state index in [1.54, 1.807) is 0 Å². The average Bonchev–Trinajstić information content (AvgIpc) is 3.04. The first-order valence-corrected chi connectivity index (χ1v) is 18.7. The lowest BCUT2D eigenvalue weighted by atomic mass is 10.1. The third-order valence-corrected chi connectivity index (χ3v) is 7.79. The molecule has 0 aromatic rings. The molecule has 0 heterocycles. The summed E-state index contributed by atoms with van der Waals surface area (Å²) in [6, 6.07) is -1.53. The Morgan fingerprint density at radius 2 is 1.19 bits per heavy atom. The minimum Gasteiger partial charge on any atom is -0.480 e. The number of nitrogens with two attached hydrogens (primary N) is 1. The average molecular weight is 686 g/mol. The van der Waals surface area contributed by atoms with E-state index in [-0.39, 0.29) is 19.4 Å². The summed E-state index contributed by atoms with van der Waals surface area (Å²) in [7, 11) is -4.71. The summed E-state index contributed by atoms with van der Waals surface area (Å²) in [4.78, 5) is 45.5. The second kappa shape index (κ2) is 30.8. The number of unbranched alkanes of at least 4 members (excludes halogenated alkanes) is 9. The van der Waals surface area contributed by atoms with E-state index in [4.69, 9.17) is 24.8 Å². The van der Waals surface area contributed by atoms with E-state index in [9.17, 15) is 23.8 Å². The van der Waals surface area contributed by atoms with Gasteiger partial charge >= 0.3 is 25.7 Å². The molecule has 1 unspecified atom stereocenters. The van der Waals surface area contributed by atoms with E-state index in [0.717, 1.165) is 57.8 Å². The Labute approximate surface area is 282 Å². The Bertz CT molecular complexity index is 995. The molecule has 4 N–H and O–H groups in total. The third kappa shape index (κ3) is 30.5. The van der Waals surface area contributed by atoms with Gasteiger partial charge in [0.05, 0.1) is 13.2 Å². The number of aliphatic carboxylic acids is 1. The number of phosphoric acid groups is 1. The molecule has 0 saturated heterocycles. The van der Waals surface area contributed by atoms with Gasteiger partial charge in [0.25, 0.3) is 0 Å². The highest BCUT2D eigenvalue weighted by Crippen LogP contribution is 2.43. The van der Waals surface area contributed by atoms with Crippen LogP contribution < -0.4 is 5.73 Å². The molecule has 0 aromatic carbocycles. The summed E-state index contributed by atoms with van der Waals surface area (Å²) >= 11 is 0. The van der Waals surface area contributed by atoms with Gasteiger partial charge in [-0.05, 0) is 51.4 Å². The summed E-state index contributed by atoms with van der Waals surface area (Å²) in [5.74, 6) is -2.45. The van der Waals surface area contributed by atoms with Crippen LogP contribution in [-0.2, 0) is 37.5 Å². The maximum Gasteiger partial charge on any atom is 0.472 e. The number of carboxylic acid groups (broad SMARTS) is 1. The van der Waals surface area contributed by atoms with Crippen molar-refractivity contribution in [1.82, 2.24) is 0 Å². The minimum absolute atomic E-state index is 0.108. The molecule has 0 aliphatic heterocycles. The van der Waals surface area contributed by atoms with E-state index in [2.05, 4.69) is 67.0 Å². The highest BCUT2D eigenvalue weighted by atomic mass is 31.2. The molecule has 12 heteroatoms. The lowest BCUT2D eigenvalue weighted by Crippen LogP contribution is -2.34. The lowest BCUT2D eigenvalue weighted by Gasteiger charge is -2.20. The molecule has 0 aliphatic rings. The van der Waals surface area contributed by atoms with Gasteiger partial charge in [0, 0.05) is 12.8 Å². The van der Waals surface area contributed by atoms with Crippen LogP contribution in [0, 0.1) is 0 Å². The van der Waals surface area contributed by atoms with Crippen LogP contribution in [0.5, 0.6) is 0 Å². The number of esters is 2. The van der Waals surface area contributed by atoms with Gasteiger partial charge < -0.3 is 25.2 Å². The van der Waals surface area contributed by atoms with Crippen molar-refractivity contribution < 1.29 is 47.5 Å². The van der Waals surface area contributed by atoms with Gasteiger partial charge in [-0.15, -0.1) is 0 Å². The largest absolute Gasteiger partial charge is 0.480 e. The molecule has 0 radical (unpaired) electrons. The minimum atomic E-state index is -4.71. The predicted octanol–water partition coefficient (Wildman–Crippen LogP) is 7.88. The smallest absolute Gasteiger partial charge is 0.472 e. The van der Waals surface area contributed by atoms with Crippen molar-refractivity contribution >= 4 is 25.7 Å². The fraction of sp³-hybridized carbons (Fsp3) is 0.686. The quantitative estimate of drug-likeness (QED) is 0.0280. The predicted molar refractivity (Wildman–Crippen MR) is 185 cm³/mol. The zero-order valence-electron chi connectivity index (χ0n) is 28.6. The number of carbonyl (C=O) groups is 3. The van der Waals surface area contributed by atoms with Crippen molar-refractivity contribution in [2.75, 3.05) is 19.8 Å². The van der Waals surface area contributed by atoms with Crippen LogP contribution in [0.1, 0.15) is 123 Å². The Morgan fingerprint density at radius 1 is 0.681 bits per heavy atom. The zero-order valence-corrected chi connectivity index (χ0v) is 29.5. The van der Waals surface area contributed by atoms with Crippen LogP contribution in [0.4, 0.5) is 0 Å². The fourth-order valence-electron chi connectivity index (χ4n) is 4.11. The number of hydrogen-bond acceptors (Lipinski definition) is 9. The van der Waals surface area contributed by atoms with Crippen LogP contribution >= 0.6 is 7.82 Å². The van der Waals surface area contributed by atoms with Gasteiger partial charge in [-0.1, -0.05) is 107 Å². The first-order chi connectivity index (χ1) is 22.6. The van der Waals surface area contributed by atoms with Crippen molar-refractivity contribution in [2.45, 2.75) is 135 Å². The molecule has 0 amide bonds. The second-order valence-corrected chi connectivity index (χ2v) is 12.7. The number of allylic oxidation sites excluding steroid dienone is 8. The molecule has 270 valence electrons. The van der Waals surface area contributed by atoms with E-state index >= 15 is 0 Å². The topological polar surface area (TPSA) is 172 Å². The maximum atomic E-state index is 12.5. The Hall–Kier alpha value is -2.56. The monoisotopic (exact) mass is 685 g/mol. The summed E-state index contributed by atoms with van der Waals surface area (Å²) in [6.45, 7) is 2.56. The second-order valence-electron chi connectivity index (χ2n) is 11.3. The zero-order chi connectivity index (χ0) is 35.0. The fourth-order valence-corrected chi connectivity index (χ4v) is 4.89. The van der Waals surface area contributed by atoms with Gasteiger partial charge in [0.2, 0.25) is 0 Å². The number of ether oxygens (including phenoxy) is 2.